The molecule has 0 saturated carbocycles. The summed E-state index contributed by atoms with van der Waals surface area (Å²) in [5, 5.41) is 9.45. The van der Waals surface area contributed by atoms with E-state index in [0.717, 1.165) is 12.8 Å². The monoisotopic (exact) mass is 251 g/mol. The topological polar surface area (TPSA) is 72.5 Å². The second kappa shape index (κ2) is 6.28. The van der Waals surface area contributed by atoms with Crippen molar-refractivity contribution >= 4 is 11.7 Å². The Labute approximate surface area is 108 Å². The molecule has 0 aliphatic rings. The van der Waals surface area contributed by atoms with Crippen LogP contribution in [0.1, 0.15) is 38.2 Å². The van der Waals surface area contributed by atoms with Gasteiger partial charge in [0.25, 0.3) is 0 Å². The smallest absolute Gasteiger partial charge is 0.311 e. The van der Waals surface area contributed by atoms with Crippen LogP contribution in [0.2, 0.25) is 0 Å². The van der Waals surface area contributed by atoms with Gasteiger partial charge in [-0.25, -0.2) is 0 Å². The van der Waals surface area contributed by atoms with Gasteiger partial charge in [0, 0.05) is 5.69 Å². The number of carboxylic acid groups (broad SMARTS) is 1. The number of carboxylic acids is 1. The van der Waals surface area contributed by atoms with Gasteiger partial charge in [-0.15, -0.1) is 0 Å². The maximum Gasteiger partial charge on any atom is 0.311 e. The molecule has 0 heterocycles. The fourth-order valence-electron chi connectivity index (χ4n) is 2.30. The van der Waals surface area contributed by atoms with E-state index < -0.39 is 11.9 Å². The summed E-state index contributed by atoms with van der Waals surface area (Å²) in [6.45, 7) is 4.00. The lowest BCUT2D eigenvalue weighted by atomic mass is 9.82. The summed E-state index contributed by atoms with van der Waals surface area (Å²) in [4.78, 5) is 11.5. The Hall–Kier alpha value is -1.71. The van der Waals surface area contributed by atoms with E-state index in [2.05, 4.69) is 0 Å². The molecule has 0 radical (unpaired) electrons. The zero-order valence-corrected chi connectivity index (χ0v) is 11.1. The van der Waals surface area contributed by atoms with E-state index in [4.69, 9.17) is 10.5 Å². The minimum Gasteiger partial charge on any atom is -0.497 e. The molecule has 1 aromatic rings. The number of rotatable bonds is 6. The molecule has 0 amide bonds. The van der Waals surface area contributed by atoms with Crippen LogP contribution in [0.25, 0.3) is 0 Å². The SMILES string of the molecule is CCC(CC)C(C(=O)O)c1cc(OC)ccc1N. The third kappa shape index (κ3) is 2.94. The van der Waals surface area contributed by atoms with Gasteiger partial charge in [0.15, 0.2) is 0 Å². The maximum absolute atomic E-state index is 11.5. The van der Waals surface area contributed by atoms with Crippen LogP contribution in [-0.2, 0) is 4.79 Å². The highest BCUT2D eigenvalue weighted by Gasteiger charge is 2.29. The fraction of sp³-hybridized carbons (Fsp3) is 0.500. The first-order chi connectivity index (χ1) is 8.54. The average molecular weight is 251 g/mol. The van der Waals surface area contributed by atoms with Gasteiger partial charge in [-0.3, -0.25) is 4.79 Å². The molecule has 0 bridgehead atoms. The number of ether oxygens (including phenoxy) is 1. The van der Waals surface area contributed by atoms with Crippen molar-refractivity contribution in [3.05, 3.63) is 23.8 Å². The van der Waals surface area contributed by atoms with Gasteiger partial charge in [-0.1, -0.05) is 26.7 Å². The Morgan fingerprint density at radius 1 is 1.39 bits per heavy atom. The van der Waals surface area contributed by atoms with E-state index in [1.54, 1.807) is 25.3 Å². The summed E-state index contributed by atoms with van der Waals surface area (Å²) in [5.41, 5.74) is 7.07. The average Bonchev–Trinajstić information content (AvgIpc) is 2.36. The molecule has 1 rings (SSSR count). The van der Waals surface area contributed by atoms with Crippen molar-refractivity contribution in [3.8, 4) is 5.75 Å². The van der Waals surface area contributed by atoms with Gasteiger partial charge < -0.3 is 15.6 Å². The van der Waals surface area contributed by atoms with Crippen LogP contribution in [0, 0.1) is 5.92 Å². The van der Waals surface area contributed by atoms with Gasteiger partial charge in [-0.05, 0) is 29.7 Å². The predicted molar refractivity (Wildman–Crippen MR) is 71.9 cm³/mol. The number of nitrogens with two attached hydrogens (primary N) is 1. The maximum atomic E-state index is 11.5. The van der Waals surface area contributed by atoms with Crippen LogP contribution in [0.5, 0.6) is 5.75 Å². The van der Waals surface area contributed by atoms with Crippen molar-refractivity contribution in [3.63, 3.8) is 0 Å². The molecular weight excluding hydrogens is 230 g/mol. The highest BCUT2D eigenvalue weighted by atomic mass is 16.5. The lowest BCUT2D eigenvalue weighted by Crippen LogP contribution is -2.22. The second-order valence-electron chi connectivity index (χ2n) is 4.39. The standard InChI is InChI=1S/C14H21NO3/c1-4-9(5-2)13(14(16)17)11-8-10(18-3)6-7-12(11)15/h6-9,13H,4-5,15H2,1-3H3,(H,16,17). The second-order valence-corrected chi connectivity index (χ2v) is 4.39. The molecule has 0 aromatic heterocycles. The van der Waals surface area contributed by atoms with Crippen LogP contribution in [0.3, 0.4) is 0 Å². The van der Waals surface area contributed by atoms with Crippen LogP contribution >= 0.6 is 0 Å². The largest absolute Gasteiger partial charge is 0.497 e. The summed E-state index contributed by atoms with van der Waals surface area (Å²) < 4.78 is 5.14. The lowest BCUT2D eigenvalue weighted by molar-refractivity contribution is -0.140. The van der Waals surface area contributed by atoms with E-state index in [1.165, 1.54) is 0 Å². The summed E-state index contributed by atoms with van der Waals surface area (Å²) in [6, 6.07) is 5.17. The summed E-state index contributed by atoms with van der Waals surface area (Å²) in [7, 11) is 1.56. The van der Waals surface area contributed by atoms with Crippen molar-refractivity contribution in [1.82, 2.24) is 0 Å². The Kier molecular flexibility index (Phi) is 5.01. The van der Waals surface area contributed by atoms with Crippen LogP contribution < -0.4 is 10.5 Å². The molecule has 0 aliphatic carbocycles. The van der Waals surface area contributed by atoms with Crippen molar-refractivity contribution in [1.29, 1.82) is 0 Å². The Bertz CT molecular complexity index is 414. The molecule has 0 saturated heterocycles. The first-order valence-electron chi connectivity index (χ1n) is 6.21. The Morgan fingerprint density at radius 2 is 2.00 bits per heavy atom. The van der Waals surface area contributed by atoms with Crippen molar-refractivity contribution in [2.45, 2.75) is 32.6 Å². The molecule has 100 valence electrons. The van der Waals surface area contributed by atoms with Gasteiger partial charge in [0.2, 0.25) is 0 Å². The first-order valence-corrected chi connectivity index (χ1v) is 6.21. The number of benzene rings is 1. The van der Waals surface area contributed by atoms with E-state index in [1.807, 2.05) is 13.8 Å². The molecule has 3 N–H and O–H groups in total. The number of carbonyl (C=O) groups is 1. The minimum absolute atomic E-state index is 0.0805. The van der Waals surface area contributed by atoms with E-state index >= 15 is 0 Å². The van der Waals surface area contributed by atoms with Crippen molar-refractivity contribution in [2.75, 3.05) is 12.8 Å². The third-order valence-electron chi connectivity index (χ3n) is 3.42. The molecular formula is C14H21NO3. The normalized spacial score (nSPS) is 12.4. The number of aliphatic carboxylic acids is 1. The van der Waals surface area contributed by atoms with E-state index in [0.29, 0.717) is 17.0 Å². The van der Waals surface area contributed by atoms with Crippen LogP contribution in [0.15, 0.2) is 18.2 Å². The summed E-state index contributed by atoms with van der Waals surface area (Å²) in [6.07, 6.45) is 1.62. The molecule has 1 unspecified atom stereocenters. The highest BCUT2D eigenvalue weighted by molar-refractivity contribution is 5.79. The molecule has 0 aliphatic heterocycles. The number of methoxy groups -OCH3 is 1. The fourth-order valence-corrected chi connectivity index (χ4v) is 2.30. The van der Waals surface area contributed by atoms with Gasteiger partial charge in [0.1, 0.15) is 5.75 Å². The number of nitrogen functional groups attached to an aromatic ring is 1. The van der Waals surface area contributed by atoms with Crippen LogP contribution in [-0.4, -0.2) is 18.2 Å². The van der Waals surface area contributed by atoms with E-state index in [-0.39, 0.29) is 5.92 Å². The predicted octanol–water partition coefficient (Wildman–Crippen LogP) is 2.88. The van der Waals surface area contributed by atoms with Gasteiger partial charge >= 0.3 is 5.97 Å². The molecule has 1 atom stereocenters. The number of anilines is 1. The molecule has 0 spiro atoms. The highest BCUT2D eigenvalue weighted by Crippen LogP contribution is 2.35. The van der Waals surface area contributed by atoms with Gasteiger partial charge in [-0.2, -0.15) is 0 Å². The van der Waals surface area contributed by atoms with E-state index in [9.17, 15) is 9.90 Å². The molecule has 1 aromatic carbocycles. The summed E-state index contributed by atoms with van der Waals surface area (Å²) in [5.74, 6) is -0.688. The Balaban J connectivity index is 3.24. The first kappa shape index (κ1) is 14.4. The van der Waals surface area contributed by atoms with Crippen molar-refractivity contribution in [2.24, 2.45) is 5.92 Å². The molecule has 18 heavy (non-hydrogen) atoms. The minimum atomic E-state index is -0.830. The lowest BCUT2D eigenvalue weighted by Gasteiger charge is -2.23. The quantitative estimate of drug-likeness (QED) is 0.762. The zero-order valence-electron chi connectivity index (χ0n) is 11.1. The zero-order chi connectivity index (χ0) is 13.7. The molecule has 0 fully saturated rings. The van der Waals surface area contributed by atoms with Gasteiger partial charge in [0.05, 0.1) is 13.0 Å². The number of hydrogen-bond acceptors (Lipinski definition) is 3. The molecule has 4 heteroatoms. The summed E-state index contributed by atoms with van der Waals surface area (Å²) >= 11 is 0. The van der Waals surface area contributed by atoms with Crippen LogP contribution in [0.4, 0.5) is 5.69 Å². The molecule has 4 nitrogen and oxygen atoms in total. The Morgan fingerprint density at radius 3 is 2.44 bits per heavy atom. The van der Waals surface area contributed by atoms with Crippen molar-refractivity contribution < 1.29 is 14.6 Å². The number of hydrogen-bond donors (Lipinski definition) is 2. The third-order valence-corrected chi connectivity index (χ3v) is 3.42.